The molecule has 2 aromatic rings. The predicted molar refractivity (Wildman–Crippen MR) is 90.4 cm³/mol. The highest BCUT2D eigenvalue weighted by Gasteiger charge is 2.17. The molecule has 0 bridgehead atoms. The van der Waals surface area contributed by atoms with Gasteiger partial charge in [0.2, 0.25) is 0 Å². The minimum absolute atomic E-state index is 0.0910. The van der Waals surface area contributed by atoms with Crippen molar-refractivity contribution in [2.75, 3.05) is 20.3 Å². The summed E-state index contributed by atoms with van der Waals surface area (Å²) in [4.78, 5) is 4.61. The largest absolute Gasteiger partial charge is 0.383 e. The average molecular weight is 420 g/mol. The lowest BCUT2D eigenvalue weighted by Gasteiger charge is -2.17. The molecule has 1 atom stereocenters. The Morgan fingerprint density at radius 3 is 2.75 bits per heavy atom. The van der Waals surface area contributed by atoms with Crippen molar-refractivity contribution in [2.24, 2.45) is 0 Å². The van der Waals surface area contributed by atoms with Crippen molar-refractivity contribution in [3.63, 3.8) is 0 Å². The number of rotatable bonds is 6. The van der Waals surface area contributed by atoms with Gasteiger partial charge in [0.15, 0.2) is 0 Å². The average Bonchev–Trinajstić information content (AvgIpc) is 2.85. The molecule has 1 N–H and O–H groups in total. The zero-order valence-corrected chi connectivity index (χ0v) is 15.3. The lowest BCUT2D eigenvalue weighted by Crippen LogP contribution is -2.26. The van der Waals surface area contributed by atoms with Gasteiger partial charge in [-0.15, -0.1) is 11.3 Å². The maximum absolute atomic E-state index is 5.12. The number of nitrogens with zero attached hydrogens (tertiary/aromatic N) is 1. The van der Waals surface area contributed by atoms with Crippen LogP contribution >= 0.6 is 43.2 Å². The summed E-state index contributed by atoms with van der Waals surface area (Å²) in [6, 6.07) is 6.36. The Labute approximate surface area is 140 Å². The zero-order chi connectivity index (χ0) is 14.5. The minimum Gasteiger partial charge on any atom is -0.383 e. The van der Waals surface area contributed by atoms with Crippen LogP contribution < -0.4 is 5.32 Å². The smallest absolute Gasteiger partial charge is 0.114 e. The third-order valence-corrected chi connectivity index (χ3v) is 5.72. The van der Waals surface area contributed by atoms with Crippen LogP contribution in [0.5, 0.6) is 0 Å². The van der Waals surface area contributed by atoms with E-state index in [1.165, 1.54) is 5.56 Å². The molecule has 2 rings (SSSR count). The van der Waals surface area contributed by atoms with E-state index < -0.39 is 0 Å². The highest BCUT2D eigenvalue weighted by Crippen LogP contribution is 2.30. The van der Waals surface area contributed by atoms with Crippen LogP contribution in [0.15, 0.2) is 32.5 Å². The van der Waals surface area contributed by atoms with Gasteiger partial charge in [0.1, 0.15) is 5.01 Å². The Balaban J connectivity index is 2.27. The molecule has 1 aromatic carbocycles. The Morgan fingerprint density at radius 1 is 1.35 bits per heavy atom. The van der Waals surface area contributed by atoms with E-state index in [2.05, 4.69) is 59.7 Å². The van der Waals surface area contributed by atoms with E-state index in [4.69, 9.17) is 4.74 Å². The van der Waals surface area contributed by atoms with E-state index in [0.717, 1.165) is 26.2 Å². The molecule has 3 nitrogen and oxygen atoms in total. The molecule has 0 saturated carbocycles. The Kier molecular flexibility index (Phi) is 6.17. The SMILES string of the molecule is COCCNC(c1ccc(Br)c(Br)c1)c1nc(C)cs1. The van der Waals surface area contributed by atoms with Crippen molar-refractivity contribution in [2.45, 2.75) is 13.0 Å². The van der Waals surface area contributed by atoms with E-state index in [1.54, 1.807) is 18.4 Å². The van der Waals surface area contributed by atoms with Gasteiger partial charge >= 0.3 is 0 Å². The first-order valence-corrected chi connectivity index (χ1v) is 8.67. The van der Waals surface area contributed by atoms with Gasteiger partial charge in [0.05, 0.1) is 12.6 Å². The van der Waals surface area contributed by atoms with Crippen molar-refractivity contribution in [1.29, 1.82) is 0 Å². The number of ether oxygens (including phenoxy) is 1. The van der Waals surface area contributed by atoms with Crippen LogP contribution in [0.25, 0.3) is 0 Å². The molecule has 0 aliphatic rings. The fourth-order valence-corrected chi connectivity index (χ4v) is 3.39. The summed E-state index contributed by atoms with van der Waals surface area (Å²) < 4.78 is 7.21. The number of benzene rings is 1. The van der Waals surface area contributed by atoms with Crippen LogP contribution in [-0.2, 0) is 4.74 Å². The molecular formula is C14H16Br2N2OS. The van der Waals surface area contributed by atoms with Gasteiger partial charge in [-0.3, -0.25) is 0 Å². The Morgan fingerprint density at radius 2 is 2.15 bits per heavy atom. The molecule has 0 aliphatic carbocycles. The van der Waals surface area contributed by atoms with Gasteiger partial charge in [0.25, 0.3) is 0 Å². The zero-order valence-electron chi connectivity index (χ0n) is 11.3. The second kappa shape index (κ2) is 7.66. The van der Waals surface area contributed by atoms with Crippen LogP contribution in [0.3, 0.4) is 0 Å². The quantitative estimate of drug-likeness (QED) is 0.708. The van der Waals surface area contributed by atoms with Gasteiger partial charge < -0.3 is 10.1 Å². The predicted octanol–water partition coefficient (Wildman–Crippen LogP) is 4.30. The molecule has 0 saturated heterocycles. The number of nitrogens with one attached hydrogen (secondary N) is 1. The molecule has 0 radical (unpaired) electrons. The van der Waals surface area contributed by atoms with Gasteiger partial charge in [-0.2, -0.15) is 0 Å². The molecule has 0 fully saturated rings. The Bertz CT molecular complexity index is 574. The summed E-state index contributed by atoms with van der Waals surface area (Å²) >= 11 is 8.74. The molecule has 108 valence electrons. The molecule has 1 aromatic heterocycles. The number of methoxy groups -OCH3 is 1. The first-order chi connectivity index (χ1) is 9.61. The minimum atomic E-state index is 0.0910. The topological polar surface area (TPSA) is 34.1 Å². The first-order valence-electron chi connectivity index (χ1n) is 6.21. The van der Waals surface area contributed by atoms with E-state index in [-0.39, 0.29) is 6.04 Å². The molecule has 1 unspecified atom stereocenters. The van der Waals surface area contributed by atoms with E-state index in [1.807, 2.05) is 13.0 Å². The van der Waals surface area contributed by atoms with Gasteiger partial charge in [-0.1, -0.05) is 6.07 Å². The third-order valence-electron chi connectivity index (χ3n) is 2.82. The maximum Gasteiger partial charge on any atom is 0.114 e. The number of hydrogen-bond acceptors (Lipinski definition) is 4. The van der Waals surface area contributed by atoms with Crippen molar-refractivity contribution in [3.8, 4) is 0 Å². The molecule has 1 heterocycles. The summed E-state index contributed by atoms with van der Waals surface area (Å²) in [5.74, 6) is 0. The van der Waals surface area contributed by atoms with Crippen LogP contribution in [0.2, 0.25) is 0 Å². The summed E-state index contributed by atoms with van der Waals surface area (Å²) in [5, 5.41) is 6.65. The Hall–Kier alpha value is -0.270. The molecule has 6 heteroatoms. The molecule has 0 spiro atoms. The summed E-state index contributed by atoms with van der Waals surface area (Å²) in [6.07, 6.45) is 0. The van der Waals surface area contributed by atoms with Crippen LogP contribution in [0, 0.1) is 6.92 Å². The fourth-order valence-electron chi connectivity index (χ4n) is 1.85. The molecule has 20 heavy (non-hydrogen) atoms. The number of halogens is 2. The number of aryl methyl sites for hydroxylation is 1. The number of thiazole rings is 1. The third kappa shape index (κ3) is 4.11. The van der Waals surface area contributed by atoms with Crippen LogP contribution in [-0.4, -0.2) is 25.2 Å². The first kappa shape index (κ1) is 16.1. The summed E-state index contributed by atoms with van der Waals surface area (Å²) in [7, 11) is 1.71. The highest BCUT2D eigenvalue weighted by molar-refractivity contribution is 9.13. The van der Waals surface area contributed by atoms with Gasteiger partial charge in [0, 0.05) is 33.7 Å². The van der Waals surface area contributed by atoms with Crippen molar-refractivity contribution in [3.05, 3.63) is 48.8 Å². The highest BCUT2D eigenvalue weighted by atomic mass is 79.9. The molecule has 0 amide bonds. The second-order valence-electron chi connectivity index (χ2n) is 4.38. The lowest BCUT2D eigenvalue weighted by atomic mass is 10.1. The van der Waals surface area contributed by atoms with E-state index in [9.17, 15) is 0 Å². The van der Waals surface area contributed by atoms with Crippen LogP contribution in [0.4, 0.5) is 0 Å². The van der Waals surface area contributed by atoms with E-state index in [0.29, 0.717) is 6.61 Å². The molecule has 0 aliphatic heterocycles. The monoisotopic (exact) mass is 418 g/mol. The van der Waals surface area contributed by atoms with Gasteiger partial charge in [-0.25, -0.2) is 4.98 Å². The second-order valence-corrected chi connectivity index (χ2v) is 6.98. The van der Waals surface area contributed by atoms with E-state index >= 15 is 0 Å². The fraction of sp³-hybridized carbons (Fsp3) is 0.357. The van der Waals surface area contributed by atoms with Crippen molar-refractivity contribution >= 4 is 43.2 Å². The standard InChI is InChI=1S/C14H16Br2N2OS/c1-9-8-20-14(18-9)13(17-5-6-19-2)10-3-4-11(15)12(16)7-10/h3-4,7-8,13,17H,5-6H2,1-2H3. The normalized spacial score (nSPS) is 12.6. The summed E-state index contributed by atoms with van der Waals surface area (Å²) in [6.45, 7) is 3.48. The van der Waals surface area contributed by atoms with Crippen molar-refractivity contribution in [1.82, 2.24) is 10.3 Å². The lowest BCUT2D eigenvalue weighted by molar-refractivity contribution is 0.197. The number of hydrogen-bond donors (Lipinski definition) is 1. The van der Waals surface area contributed by atoms with Crippen molar-refractivity contribution < 1.29 is 4.74 Å². The maximum atomic E-state index is 5.12. The molecular weight excluding hydrogens is 404 g/mol. The summed E-state index contributed by atoms with van der Waals surface area (Å²) in [5.41, 5.74) is 2.24. The van der Waals surface area contributed by atoms with Gasteiger partial charge in [-0.05, 0) is 56.5 Å². The number of aromatic nitrogens is 1. The van der Waals surface area contributed by atoms with Crippen LogP contribution in [0.1, 0.15) is 22.3 Å².